The minimum atomic E-state index is -0.0690. The predicted molar refractivity (Wildman–Crippen MR) is 105 cm³/mol. The topological polar surface area (TPSA) is 67.3 Å². The molecule has 6 heteroatoms. The highest BCUT2D eigenvalue weighted by Gasteiger charge is 2.12. The Balaban J connectivity index is 1.57. The minimum Gasteiger partial charge on any atom is -0.492 e. The molecule has 0 aliphatic carbocycles. The SMILES string of the molecule is Cc1cccc(OCCN(C)C(=O)c2cccc(Nc3ncccn3)c2)c1. The van der Waals surface area contributed by atoms with Crippen molar-refractivity contribution in [2.24, 2.45) is 0 Å². The number of carbonyl (C=O) groups is 1. The summed E-state index contributed by atoms with van der Waals surface area (Å²) in [6.45, 7) is 2.94. The molecule has 1 aromatic heterocycles. The van der Waals surface area contributed by atoms with E-state index in [9.17, 15) is 4.79 Å². The third-order valence-electron chi connectivity index (χ3n) is 3.96. The van der Waals surface area contributed by atoms with Crippen molar-refractivity contribution in [2.75, 3.05) is 25.5 Å². The molecular weight excluding hydrogens is 340 g/mol. The van der Waals surface area contributed by atoms with Crippen molar-refractivity contribution in [3.05, 3.63) is 78.1 Å². The molecule has 0 spiro atoms. The summed E-state index contributed by atoms with van der Waals surface area (Å²) >= 11 is 0. The molecule has 3 aromatic rings. The lowest BCUT2D eigenvalue weighted by atomic mass is 10.2. The summed E-state index contributed by atoms with van der Waals surface area (Å²) in [5.74, 6) is 1.23. The lowest BCUT2D eigenvalue weighted by Crippen LogP contribution is -2.30. The highest BCUT2D eigenvalue weighted by Crippen LogP contribution is 2.16. The van der Waals surface area contributed by atoms with Gasteiger partial charge in [0.15, 0.2) is 0 Å². The van der Waals surface area contributed by atoms with E-state index in [0.29, 0.717) is 24.7 Å². The van der Waals surface area contributed by atoms with Crippen LogP contribution in [0, 0.1) is 6.92 Å². The summed E-state index contributed by atoms with van der Waals surface area (Å²) in [6.07, 6.45) is 3.32. The molecular formula is C21H22N4O2. The van der Waals surface area contributed by atoms with E-state index in [-0.39, 0.29) is 5.91 Å². The van der Waals surface area contributed by atoms with Gasteiger partial charge in [-0.05, 0) is 48.9 Å². The summed E-state index contributed by atoms with van der Waals surface area (Å²) < 4.78 is 5.72. The summed E-state index contributed by atoms with van der Waals surface area (Å²) in [6, 6.07) is 16.9. The van der Waals surface area contributed by atoms with E-state index < -0.39 is 0 Å². The van der Waals surface area contributed by atoms with E-state index in [0.717, 1.165) is 17.0 Å². The van der Waals surface area contributed by atoms with Crippen LogP contribution in [0.3, 0.4) is 0 Å². The normalized spacial score (nSPS) is 10.3. The van der Waals surface area contributed by atoms with Gasteiger partial charge in [-0.3, -0.25) is 4.79 Å². The van der Waals surface area contributed by atoms with Crippen LogP contribution >= 0.6 is 0 Å². The number of hydrogen-bond donors (Lipinski definition) is 1. The van der Waals surface area contributed by atoms with E-state index in [1.807, 2.05) is 43.3 Å². The molecule has 1 heterocycles. The van der Waals surface area contributed by atoms with Crippen molar-refractivity contribution in [1.82, 2.24) is 14.9 Å². The van der Waals surface area contributed by atoms with Gasteiger partial charge in [-0.15, -0.1) is 0 Å². The van der Waals surface area contributed by atoms with Gasteiger partial charge in [-0.2, -0.15) is 0 Å². The number of amides is 1. The highest BCUT2D eigenvalue weighted by atomic mass is 16.5. The van der Waals surface area contributed by atoms with E-state index >= 15 is 0 Å². The number of hydrogen-bond acceptors (Lipinski definition) is 5. The smallest absolute Gasteiger partial charge is 0.253 e. The first-order valence-electron chi connectivity index (χ1n) is 8.71. The molecule has 2 aromatic carbocycles. The molecule has 1 amide bonds. The van der Waals surface area contributed by atoms with Crippen LogP contribution in [-0.2, 0) is 0 Å². The van der Waals surface area contributed by atoms with E-state index in [1.54, 1.807) is 42.5 Å². The maximum atomic E-state index is 12.7. The second kappa shape index (κ2) is 8.80. The van der Waals surface area contributed by atoms with Gasteiger partial charge >= 0.3 is 0 Å². The van der Waals surface area contributed by atoms with Crippen LogP contribution in [0.2, 0.25) is 0 Å². The monoisotopic (exact) mass is 362 g/mol. The van der Waals surface area contributed by atoms with Gasteiger partial charge in [0.2, 0.25) is 5.95 Å². The molecule has 27 heavy (non-hydrogen) atoms. The summed E-state index contributed by atoms with van der Waals surface area (Å²) in [4.78, 5) is 22.6. The first-order chi connectivity index (χ1) is 13.1. The van der Waals surface area contributed by atoms with Crippen molar-refractivity contribution >= 4 is 17.5 Å². The zero-order valence-corrected chi connectivity index (χ0v) is 15.4. The van der Waals surface area contributed by atoms with Gasteiger partial charge in [0.05, 0.1) is 6.54 Å². The summed E-state index contributed by atoms with van der Waals surface area (Å²) in [5.41, 5.74) is 2.49. The number of anilines is 2. The Kier molecular flexibility index (Phi) is 5.99. The van der Waals surface area contributed by atoms with Crippen molar-refractivity contribution in [2.45, 2.75) is 6.92 Å². The Labute approximate surface area is 158 Å². The number of nitrogens with zero attached hydrogens (tertiary/aromatic N) is 3. The number of rotatable bonds is 7. The number of nitrogens with one attached hydrogen (secondary N) is 1. The van der Waals surface area contributed by atoms with Crippen LogP contribution < -0.4 is 10.1 Å². The third-order valence-corrected chi connectivity index (χ3v) is 3.96. The Hall–Kier alpha value is -3.41. The van der Waals surface area contributed by atoms with Gasteiger partial charge in [0.1, 0.15) is 12.4 Å². The molecule has 0 aliphatic rings. The molecule has 6 nitrogen and oxygen atoms in total. The number of likely N-dealkylation sites (N-methyl/N-ethyl adjacent to an activating group) is 1. The Morgan fingerprint density at radius 1 is 1.07 bits per heavy atom. The predicted octanol–water partition coefficient (Wildman–Crippen LogP) is 3.68. The Morgan fingerprint density at radius 2 is 1.85 bits per heavy atom. The zero-order chi connectivity index (χ0) is 19.1. The number of aryl methyl sites for hydroxylation is 1. The van der Waals surface area contributed by atoms with E-state index in [2.05, 4.69) is 15.3 Å². The van der Waals surface area contributed by atoms with Gasteiger partial charge in [0.25, 0.3) is 5.91 Å². The molecule has 0 saturated carbocycles. The van der Waals surface area contributed by atoms with Gasteiger partial charge in [-0.25, -0.2) is 9.97 Å². The van der Waals surface area contributed by atoms with Gasteiger partial charge in [0, 0.05) is 30.7 Å². The zero-order valence-electron chi connectivity index (χ0n) is 15.4. The Bertz CT molecular complexity index is 899. The maximum Gasteiger partial charge on any atom is 0.253 e. The van der Waals surface area contributed by atoms with Crippen molar-refractivity contribution < 1.29 is 9.53 Å². The van der Waals surface area contributed by atoms with Crippen LogP contribution in [0.25, 0.3) is 0 Å². The second-order valence-electron chi connectivity index (χ2n) is 6.17. The number of ether oxygens (including phenoxy) is 1. The van der Waals surface area contributed by atoms with E-state index in [4.69, 9.17) is 4.74 Å². The average molecular weight is 362 g/mol. The molecule has 3 rings (SSSR count). The molecule has 0 aliphatic heterocycles. The van der Waals surface area contributed by atoms with Crippen LogP contribution in [0.5, 0.6) is 5.75 Å². The van der Waals surface area contributed by atoms with Crippen molar-refractivity contribution in [3.8, 4) is 5.75 Å². The number of aromatic nitrogens is 2. The minimum absolute atomic E-state index is 0.0690. The fraction of sp³-hybridized carbons (Fsp3) is 0.190. The highest BCUT2D eigenvalue weighted by molar-refractivity contribution is 5.95. The van der Waals surface area contributed by atoms with Crippen LogP contribution in [-0.4, -0.2) is 41.0 Å². The molecule has 0 bridgehead atoms. The van der Waals surface area contributed by atoms with Crippen molar-refractivity contribution in [3.63, 3.8) is 0 Å². The summed E-state index contributed by atoms with van der Waals surface area (Å²) in [5, 5.41) is 3.09. The fourth-order valence-corrected chi connectivity index (χ4v) is 2.55. The van der Waals surface area contributed by atoms with Crippen LogP contribution in [0.15, 0.2) is 67.0 Å². The van der Waals surface area contributed by atoms with Crippen LogP contribution in [0.1, 0.15) is 15.9 Å². The standard InChI is InChI=1S/C21H22N4O2/c1-16-6-3-9-19(14-16)27-13-12-25(2)20(26)17-7-4-8-18(15-17)24-21-22-10-5-11-23-21/h3-11,14-15H,12-13H2,1-2H3,(H,22,23,24). The molecule has 0 radical (unpaired) electrons. The fourth-order valence-electron chi connectivity index (χ4n) is 2.55. The largest absolute Gasteiger partial charge is 0.492 e. The second-order valence-corrected chi connectivity index (χ2v) is 6.17. The quantitative estimate of drug-likeness (QED) is 0.694. The molecule has 0 unspecified atom stereocenters. The first-order valence-corrected chi connectivity index (χ1v) is 8.71. The Morgan fingerprint density at radius 3 is 2.63 bits per heavy atom. The molecule has 1 N–H and O–H groups in total. The molecule has 0 atom stereocenters. The van der Waals surface area contributed by atoms with E-state index in [1.165, 1.54) is 0 Å². The lowest BCUT2D eigenvalue weighted by molar-refractivity contribution is 0.0774. The molecule has 0 fully saturated rings. The summed E-state index contributed by atoms with van der Waals surface area (Å²) in [7, 11) is 1.77. The molecule has 138 valence electrons. The average Bonchev–Trinajstić information content (AvgIpc) is 2.68. The van der Waals surface area contributed by atoms with Gasteiger partial charge < -0.3 is 15.0 Å². The van der Waals surface area contributed by atoms with Crippen molar-refractivity contribution in [1.29, 1.82) is 0 Å². The molecule has 0 saturated heterocycles. The third kappa shape index (κ3) is 5.28. The number of carbonyl (C=O) groups excluding carboxylic acids is 1. The van der Waals surface area contributed by atoms with Crippen LogP contribution in [0.4, 0.5) is 11.6 Å². The van der Waals surface area contributed by atoms with Gasteiger partial charge in [-0.1, -0.05) is 18.2 Å². The first kappa shape index (κ1) is 18.4. The lowest BCUT2D eigenvalue weighted by Gasteiger charge is -2.18. The maximum absolute atomic E-state index is 12.7. The number of benzene rings is 2.